The number of aryl methyl sites for hydroxylation is 1. The summed E-state index contributed by atoms with van der Waals surface area (Å²) in [6.45, 7) is 2.05. The van der Waals surface area contributed by atoms with Gasteiger partial charge in [0.15, 0.2) is 5.82 Å². The molecule has 0 radical (unpaired) electrons. The van der Waals surface area contributed by atoms with E-state index in [1.165, 1.54) is 0 Å². The summed E-state index contributed by atoms with van der Waals surface area (Å²) in [5.74, 6) is 6.71. The lowest BCUT2D eigenvalue weighted by molar-refractivity contribution is 1.00. The molecule has 96 valence electrons. The molecule has 0 saturated heterocycles. The van der Waals surface area contributed by atoms with Crippen molar-refractivity contribution in [1.82, 2.24) is 15.0 Å². The van der Waals surface area contributed by atoms with Crippen molar-refractivity contribution in [1.29, 1.82) is 0 Å². The summed E-state index contributed by atoms with van der Waals surface area (Å²) in [6, 6.07) is 5.91. The molecule has 3 heterocycles. The van der Waals surface area contributed by atoms with Crippen molar-refractivity contribution in [3.8, 4) is 11.4 Å². The second kappa shape index (κ2) is 4.91. The monoisotopic (exact) mass is 271 g/mol. The third-order valence-corrected chi connectivity index (χ3v) is 3.70. The van der Waals surface area contributed by atoms with Crippen LogP contribution in [-0.2, 0) is 6.42 Å². The third-order valence-electron chi connectivity index (χ3n) is 2.85. The molecule has 0 amide bonds. The summed E-state index contributed by atoms with van der Waals surface area (Å²) in [5.41, 5.74) is 5.43. The molecule has 0 aliphatic carbocycles. The molecule has 0 bridgehead atoms. The molecule has 0 unspecified atom stereocenters. The van der Waals surface area contributed by atoms with Crippen LogP contribution in [0, 0.1) is 0 Å². The van der Waals surface area contributed by atoms with Crippen molar-refractivity contribution in [2.24, 2.45) is 5.84 Å². The summed E-state index contributed by atoms with van der Waals surface area (Å²) < 4.78 is 1.13. The van der Waals surface area contributed by atoms with Crippen LogP contribution >= 0.6 is 11.3 Å². The summed E-state index contributed by atoms with van der Waals surface area (Å²) in [6.07, 6.45) is 2.63. The van der Waals surface area contributed by atoms with Gasteiger partial charge in [-0.2, -0.15) is 0 Å². The Bertz CT molecular complexity index is 700. The number of hydrogen-bond acceptors (Lipinski definition) is 6. The maximum Gasteiger partial charge on any atom is 0.163 e. The molecule has 0 aliphatic heterocycles. The van der Waals surface area contributed by atoms with Gasteiger partial charge in [0.2, 0.25) is 0 Å². The van der Waals surface area contributed by atoms with Crippen molar-refractivity contribution in [2.45, 2.75) is 13.3 Å². The third kappa shape index (κ3) is 2.27. The van der Waals surface area contributed by atoms with Crippen molar-refractivity contribution in [3.05, 3.63) is 35.5 Å². The van der Waals surface area contributed by atoms with Gasteiger partial charge in [-0.25, -0.2) is 15.8 Å². The number of nitrogen functional groups attached to an aromatic ring is 1. The van der Waals surface area contributed by atoms with Crippen LogP contribution in [0.25, 0.3) is 21.6 Å². The van der Waals surface area contributed by atoms with E-state index in [2.05, 4.69) is 26.4 Å². The van der Waals surface area contributed by atoms with Gasteiger partial charge < -0.3 is 5.43 Å². The predicted molar refractivity (Wildman–Crippen MR) is 77.8 cm³/mol. The fourth-order valence-electron chi connectivity index (χ4n) is 1.85. The molecule has 3 aromatic heterocycles. The van der Waals surface area contributed by atoms with Gasteiger partial charge in [0.25, 0.3) is 0 Å². The highest BCUT2D eigenvalue weighted by molar-refractivity contribution is 7.17. The average molecular weight is 271 g/mol. The summed E-state index contributed by atoms with van der Waals surface area (Å²) >= 11 is 1.66. The first-order chi connectivity index (χ1) is 9.30. The molecule has 0 aromatic carbocycles. The zero-order chi connectivity index (χ0) is 13.2. The van der Waals surface area contributed by atoms with Crippen LogP contribution in [-0.4, -0.2) is 15.0 Å². The number of thiophene rings is 1. The van der Waals surface area contributed by atoms with Crippen molar-refractivity contribution < 1.29 is 0 Å². The minimum Gasteiger partial charge on any atom is -0.308 e. The lowest BCUT2D eigenvalue weighted by Crippen LogP contribution is -2.10. The highest BCUT2D eigenvalue weighted by Crippen LogP contribution is 2.24. The molecule has 0 atom stereocenters. The minimum absolute atomic E-state index is 0.619. The number of nitrogens with two attached hydrogens (primary N) is 1. The average Bonchev–Trinajstić information content (AvgIpc) is 2.94. The zero-order valence-electron chi connectivity index (χ0n) is 10.4. The van der Waals surface area contributed by atoms with Crippen molar-refractivity contribution >= 4 is 27.4 Å². The van der Waals surface area contributed by atoms with E-state index in [-0.39, 0.29) is 0 Å². The van der Waals surface area contributed by atoms with Crippen molar-refractivity contribution in [2.75, 3.05) is 5.43 Å². The van der Waals surface area contributed by atoms with Gasteiger partial charge >= 0.3 is 0 Å². The number of pyridine rings is 1. The van der Waals surface area contributed by atoms with Crippen molar-refractivity contribution in [3.63, 3.8) is 0 Å². The molecular formula is C13H13N5S. The second-order valence-corrected chi connectivity index (χ2v) is 5.04. The fourth-order valence-corrected chi connectivity index (χ4v) is 2.63. The highest BCUT2D eigenvalue weighted by atomic mass is 32.1. The number of aromatic nitrogens is 3. The molecule has 3 aromatic rings. The number of nitrogens with zero attached hydrogens (tertiary/aromatic N) is 3. The molecule has 0 fully saturated rings. The van der Waals surface area contributed by atoms with E-state index in [9.17, 15) is 0 Å². The molecule has 3 rings (SSSR count). The van der Waals surface area contributed by atoms with Gasteiger partial charge in [0.05, 0.1) is 10.2 Å². The summed E-state index contributed by atoms with van der Waals surface area (Å²) in [7, 11) is 0. The standard InChI is InChI=1S/C13H13N5S/c1-2-9-6-12(18-14)17-13(16-9)8-5-11-10(15-7-8)3-4-19-11/h3-7H,2,14H2,1H3,(H,16,17,18). The maximum absolute atomic E-state index is 5.44. The SMILES string of the molecule is CCc1cc(NN)nc(-c2cnc3ccsc3c2)n1. The molecular weight excluding hydrogens is 258 g/mol. The first-order valence-electron chi connectivity index (χ1n) is 5.98. The number of hydrogen-bond donors (Lipinski definition) is 2. The van der Waals surface area contributed by atoms with E-state index in [0.717, 1.165) is 27.9 Å². The van der Waals surface area contributed by atoms with Crippen LogP contribution in [0.2, 0.25) is 0 Å². The quantitative estimate of drug-likeness (QED) is 0.565. The van der Waals surface area contributed by atoms with Crippen LogP contribution in [0.15, 0.2) is 29.8 Å². The van der Waals surface area contributed by atoms with E-state index in [4.69, 9.17) is 5.84 Å². The summed E-state index contributed by atoms with van der Waals surface area (Å²) in [4.78, 5) is 13.3. The van der Waals surface area contributed by atoms with Gasteiger partial charge in [-0.3, -0.25) is 4.98 Å². The second-order valence-electron chi connectivity index (χ2n) is 4.09. The first kappa shape index (κ1) is 12.0. The number of nitrogens with one attached hydrogen (secondary N) is 1. The first-order valence-corrected chi connectivity index (χ1v) is 6.86. The van der Waals surface area contributed by atoms with Gasteiger partial charge in [-0.1, -0.05) is 6.92 Å². The predicted octanol–water partition coefficient (Wildman–Crippen LogP) is 2.60. The molecule has 0 spiro atoms. The Kier molecular flexibility index (Phi) is 3.10. The highest BCUT2D eigenvalue weighted by Gasteiger charge is 2.07. The van der Waals surface area contributed by atoms with Gasteiger partial charge in [-0.05, 0) is 23.9 Å². The Morgan fingerprint density at radius 1 is 1.32 bits per heavy atom. The normalized spacial score (nSPS) is 10.8. The van der Waals surface area contributed by atoms with Gasteiger partial charge in [-0.15, -0.1) is 11.3 Å². The molecule has 5 nitrogen and oxygen atoms in total. The van der Waals surface area contributed by atoms with Crippen LogP contribution in [0.5, 0.6) is 0 Å². The number of anilines is 1. The lowest BCUT2D eigenvalue weighted by Gasteiger charge is -2.06. The van der Waals surface area contributed by atoms with Gasteiger partial charge in [0, 0.05) is 23.5 Å². The maximum atomic E-state index is 5.44. The fraction of sp³-hybridized carbons (Fsp3) is 0.154. The zero-order valence-corrected chi connectivity index (χ0v) is 11.2. The van der Waals surface area contributed by atoms with E-state index >= 15 is 0 Å². The van der Waals surface area contributed by atoms with Crippen LogP contribution in [0.4, 0.5) is 5.82 Å². The topological polar surface area (TPSA) is 76.7 Å². The molecule has 6 heteroatoms. The van der Waals surface area contributed by atoms with E-state index in [1.807, 2.05) is 24.4 Å². The van der Waals surface area contributed by atoms with Crippen LogP contribution in [0.3, 0.4) is 0 Å². The molecule has 3 N–H and O–H groups in total. The largest absolute Gasteiger partial charge is 0.308 e. The minimum atomic E-state index is 0.619. The van der Waals surface area contributed by atoms with E-state index in [1.54, 1.807) is 17.5 Å². The number of hydrazine groups is 1. The van der Waals surface area contributed by atoms with Crippen LogP contribution < -0.4 is 11.3 Å². The Morgan fingerprint density at radius 2 is 2.21 bits per heavy atom. The van der Waals surface area contributed by atoms with Crippen LogP contribution in [0.1, 0.15) is 12.6 Å². The van der Waals surface area contributed by atoms with E-state index in [0.29, 0.717) is 11.6 Å². The number of fused-ring (bicyclic) bond motifs is 1. The molecule has 0 aliphatic rings. The van der Waals surface area contributed by atoms with E-state index < -0.39 is 0 Å². The summed E-state index contributed by atoms with van der Waals surface area (Å²) in [5, 5.41) is 2.03. The number of rotatable bonds is 3. The smallest absolute Gasteiger partial charge is 0.163 e. The lowest BCUT2D eigenvalue weighted by atomic mass is 10.2. The Labute approximate surface area is 114 Å². The Morgan fingerprint density at radius 3 is 3.00 bits per heavy atom. The molecule has 0 saturated carbocycles. The Hall–Kier alpha value is -2.05. The Balaban J connectivity index is 2.13. The molecule has 19 heavy (non-hydrogen) atoms. The van der Waals surface area contributed by atoms with Gasteiger partial charge in [0.1, 0.15) is 5.82 Å².